The van der Waals surface area contributed by atoms with Gasteiger partial charge in [0.2, 0.25) is 0 Å². The minimum Gasteiger partial charge on any atom is -0.376 e. The van der Waals surface area contributed by atoms with Crippen molar-refractivity contribution in [1.29, 1.82) is 0 Å². The van der Waals surface area contributed by atoms with E-state index in [1.165, 1.54) is 37.7 Å². The molecule has 2 aliphatic rings. The van der Waals surface area contributed by atoms with Gasteiger partial charge in [0.15, 0.2) is 0 Å². The molecule has 3 rings (SSSR count). The van der Waals surface area contributed by atoms with Gasteiger partial charge in [-0.3, -0.25) is 0 Å². The number of hydrogen-bond donors (Lipinski definition) is 1. The van der Waals surface area contributed by atoms with Crippen LogP contribution in [-0.2, 0) is 4.74 Å². The standard InChI is InChI=1S/C18H27NO/c19-17-11-10-16(15-8-2-1-3-9-15)12-18(17)20-13-14-6-4-5-7-14/h1-3,8-9,14,16-18H,4-7,10-13,19H2. The predicted molar refractivity (Wildman–Crippen MR) is 82.7 cm³/mol. The molecule has 0 heterocycles. The molecule has 2 nitrogen and oxygen atoms in total. The average molecular weight is 273 g/mol. The molecule has 2 fully saturated rings. The van der Waals surface area contributed by atoms with Gasteiger partial charge in [0.1, 0.15) is 0 Å². The van der Waals surface area contributed by atoms with E-state index in [2.05, 4.69) is 30.3 Å². The first-order valence-electron chi connectivity index (χ1n) is 8.25. The van der Waals surface area contributed by atoms with Gasteiger partial charge in [-0.2, -0.15) is 0 Å². The summed E-state index contributed by atoms with van der Waals surface area (Å²) in [5, 5.41) is 0. The van der Waals surface area contributed by atoms with E-state index >= 15 is 0 Å². The SMILES string of the molecule is NC1CCC(c2ccccc2)CC1OCC1CCCC1. The van der Waals surface area contributed by atoms with Gasteiger partial charge >= 0.3 is 0 Å². The van der Waals surface area contributed by atoms with E-state index in [1.807, 2.05) is 0 Å². The van der Waals surface area contributed by atoms with E-state index < -0.39 is 0 Å². The third-order valence-electron chi connectivity index (χ3n) is 5.13. The summed E-state index contributed by atoms with van der Waals surface area (Å²) >= 11 is 0. The molecule has 0 bridgehead atoms. The molecule has 0 saturated heterocycles. The molecule has 2 saturated carbocycles. The molecule has 3 unspecified atom stereocenters. The molecule has 0 amide bonds. The Morgan fingerprint density at radius 3 is 2.50 bits per heavy atom. The van der Waals surface area contributed by atoms with Crippen molar-refractivity contribution in [2.24, 2.45) is 11.7 Å². The minimum absolute atomic E-state index is 0.233. The summed E-state index contributed by atoms with van der Waals surface area (Å²) < 4.78 is 6.21. The molecule has 2 N–H and O–H groups in total. The summed E-state index contributed by atoms with van der Waals surface area (Å²) in [6.45, 7) is 0.930. The van der Waals surface area contributed by atoms with Gasteiger partial charge in [-0.05, 0) is 49.5 Å². The Morgan fingerprint density at radius 2 is 1.75 bits per heavy atom. The number of hydrogen-bond acceptors (Lipinski definition) is 2. The Balaban J connectivity index is 1.55. The molecule has 2 aliphatic carbocycles. The Labute approximate surface area is 122 Å². The molecule has 1 aromatic rings. The van der Waals surface area contributed by atoms with Crippen LogP contribution in [0.5, 0.6) is 0 Å². The lowest BCUT2D eigenvalue weighted by molar-refractivity contribution is -0.00769. The molecule has 0 radical (unpaired) electrons. The summed E-state index contributed by atoms with van der Waals surface area (Å²) in [6.07, 6.45) is 9.12. The number of nitrogens with two attached hydrogens (primary N) is 1. The normalized spacial score (nSPS) is 31.6. The smallest absolute Gasteiger partial charge is 0.0731 e. The minimum atomic E-state index is 0.233. The van der Waals surface area contributed by atoms with E-state index in [1.54, 1.807) is 0 Å². The molecular weight excluding hydrogens is 246 g/mol. The van der Waals surface area contributed by atoms with Crippen molar-refractivity contribution in [3.8, 4) is 0 Å². The summed E-state index contributed by atoms with van der Waals surface area (Å²) in [5.74, 6) is 1.42. The fourth-order valence-electron chi connectivity index (χ4n) is 3.81. The maximum atomic E-state index is 6.28. The zero-order valence-electron chi connectivity index (χ0n) is 12.3. The molecule has 3 atom stereocenters. The van der Waals surface area contributed by atoms with Gasteiger partial charge in [0, 0.05) is 12.6 Å². The van der Waals surface area contributed by atoms with Crippen molar-refractivity contribution < 1.29 is 4.74 Å². The van der Waals surface area contributed by atoms with Crippen LogP contribution in [-0.4, -0.2) is 18.8 Å². The molecule has 0 aromatic heterocycles. The highest BCUT2D eigenvalue weighted by molar-refractivity contribution is 5.20. The Morgan fingerprint density at radius 1 is 1.00 bits per heavy atom. The number of benzene rings is 1. The van der Waals surface area contributed by atoms with Crippen LogP contribution in [0.4, 0.5) is 0 Å². The van der Waals surface area contributed by atoms with Gasteiger partial charge in [-0.15, -0.1) is 0 Å². The van der Waals surface area contributed by atoms with Crippen molar-refractivity contribution in [2.75, 3.05) is 6.61 Å². The maximum Gasteiger partial charge on any atom is 0.0731 e. The topological polar surface area (TPSA) is 35.2 Å². The van der Waals surface area contributed by atoms with E-state index in [0.717, 1.165) is 25.4 Å². The van der Waals surface area contributed by atoms with Crippen LogP contribution in [0, 0.1) is 5.92 Å². The first kappa shape index (κ1) is 14.1. The lowest BCUT2D eigenvalue weighted by atomic mass is 9.80. The predicted octanol–water partition coefficient (Wildman–Crippen LogP) is 3.86. The molecule has 0 spiro atoms. The van der Waals surface area contributed by atoms with Crippen molar-refractivity contribution >= 4 is 0 Å². The highest BCUT2D eigenvalue weighted by Crippen LogP contribution is 2.34. The summed E-state index contributed by atoms with van der Waals surface area (Å²) in [6, 6.07) is 11.1. The fourth-order valence-corrected chi connectivity index (χ4v) is 3.81. The quantitative estimate of drug-likeness (QED) is 0.904. The Kier molecular flexibility index (Phi) is 4.74. The van der Waals surface area contributed by atoms with Crippen LogP contribution in [0.25, 0.3) is 0 Å². The van der Waals surface area contributed by atoms with Crippen LogP contribution in [0.15, 0.2) is 30.3 Å². The van der Waals surface area contributed by atoms with E-state index in [0.29, 0.717) is 5.92 Å². The lowest BCUT2D eigenvalue weighted by Crippen LogP contribution is -2.42. The van der Waals surface area contributed by atoms with Gasteiger partial charge in [0.25, 0.3) is 0 Å². The summed E-state index contributed by atoms with van der Waals surface area (Å²) in [7, 11) is 0. The van der Waals surface area contributed by atoms with Gasteiger partial charge in [-0.1, -0.05) is 43.2 Å². The van der Waals surface area contributed by atoms with E-state index in [4.69, 9.17) is 10.5 Å². The number of ether oxygens (including phenoxy) is 1. The van der Waals surface area contributed by atoms with Crippen molar-refractivity contribution in [3.05, 3.63) is 35.9 Å². The summed E-state index contributed by atoms with van der Waals surface area (Å²) in [4.78, 5) is 0. The molecule has 20 heavy (non-hydrogen) atoms. The maximum absolute atomic E-state index is 6.28. The first-order chi connectivity index (χ1) is 9.83. The lowest BCUT2D eigenvalue weighted by Gasteiger charge is -2.35. The number of rotatable bonds is 4. The zero-order chi connectivity index (χ0) is 13.8. The van der Waals surface area contributed by atoms with Crippen molar-refractivity contribution in [2.45, 2.75) is 63.0 Å². The van der Waals surface area contributed by atoms with Gasteiger partial charge in [0.05, 0.1) is 6.10 Å². The van der Waals surface area contributed by atoms with Crippen LogP contribution in [0.1, 0.15) is 56.4 Å². The van der Waals surface area contributed by atoms with Crippen LogP contribution < -0.4 is 5.73 Å². The Bertz CT molecular complexity index is 399. The third-order valence-corrected chi connectivity index (χ3v) is 5.13. The van der Waals surface area contributed by atoms with Gasteiger partial charge < -0.3 is 10.5 Å². The van der Waals surface area contributed by atoms with Crippen LogP contribution in [0.2, 0.25) is 0 Å². The monoisotopic (exact) mass is 273 g/mol. The second-order valence-electron chi connectivity index (χ2n) is 6.61. The van der Waals surface area contributed by atoms with Gasteiger partial charge in [-0.25, -0.2) is 0 Å². The zero-order valence-corrected chi connectivity index (χ0v) is 12.3. The van der Waals surface area contributed by atoms with Crippen molar-refractivity contribution in [3.63, 3.8) is 0 Å². The molecule has 2 heteroatoms. The molecular formula is C18H27NO. The Hall–Kier alpha value is -0.860. The highest BCUT2D eigenvalue weighted by atomic mass is 16.5. The first-order valence-corrected chi connectivity index (χ1v) is 8.25. The molecule has 110 valence electrons. The van der Waals surface area contributed by atoms with Crippen LogP contribution in [0.3, 0.4) is 0 Å². The van der Waals surface area contributed by atoms with E-state index in [-0.39, 0.29) is 12.1 Å². The van der Waals surface area contributed by atoms with Crippen LogP contribution >= 0.6 is 0 Å². The fraction of sp³-hybridized carbons (Fsp3) is 0.667. The third kappa shape index (κ3) is 3.42. The second kappa shape index (κ2) is 6.73. The average Bonchev–Trinajstić information content (AvgIpc) is 3.01. The van der Waals surface area contributed by atoms with Crippen molar-refractivity contribution in [1.82, 2.24) is 0 Å². The molecule has 1 aromatic carbocycles. The summed E-state index contributed by atoms with van der Waals surface area (Å²) in [5.41, 5.74) is 7.73. The van der Waals surface area contributed by atoms with E-state index in [9.17, 15) is 0 Å². The second-order valence-corrected chi connectivity index (χ2v) is 6.61. The molecule has 0 aliphatic heterocycles. The highest BCUT2D eigenvalue weighted by Gasteiger charge is 2.30. The largest absolute Gasteiger partial charge is 0.376 e.